The molecule has 0 bridgehead atoms. The van der Waals surface area contributed by atoms with Gasteiger partial charge in [-0.25, -0.2) is 0 Å². The molecule has 1 unspecified atom stereocenters. The van der Waals surface area contributed by atoms with Crippen molar-refractivity contribution in [3.05, 3.63) is 23.8 Å². The van der Waals surface area contributed by atoms with Crippen molar-refractivity contribution < 1.29 is 14.6 Å². The Balaban J connectivity index is 2.73. The van der Waals surface area contributed by atoms with Crippen molar-refractivity contribution >= 4 is 17.3 Å². The minimum Gasteiger partial charge on any atom is -0.493 e. The summed E-state index contributed by atoms with van der Waals surface area (Å²) in [5.41, 5.74) is 0.735. The molecule has 0 aliphatic heterocycles. The normalized spacial score (nSPS) is 11.6. The van der Waals surface area contributed by atoms with Gasteiger partial charge in [-0.2, -0.15) is 0 Å². The minimum absolute atomic E-state index is 0.329. The van der Waals surface area contributed by atoms with E-state index < -0.39 is 6.10 Å². The zero-order chi connectivity index (χ0) is 13.5. The zero-order valence-electron chi connectivity index (χ0n) is 10.7. The van der Waals surface area contributed by atoms with Crippen LogP contribution in [0.25, 0.3) is 0 Å². The van der Waals surface area contributed by atoms with Crippen LogP contribution in [0, 0.1) is 0 Å². The Bertz CT molecular complexity index is 412. The van der Waals surface area contributed by atoms with Gasteiger partial charge in [-0.05, 0) is 29.9 Å². The van der Waals surface area contributed by atoms with Gasteiger partial charge in [-0.3, -0.25) is 0 Å². The lowest BCUT2D eigenvalue weighted by molar-refractivity contribution is 0.180. The van der Waals surface area contributed by atoms with Gasteiger partial charge < -0.3 is 25.2 Å². The molecular weight excluding hydrogens is 252 g/mol. The van der Waals surface area contributed by atoms with Crippen LogP contribution in [0.2, 0.25) is 0 Å². The van der Waals surface area contributed by atoms with Gasteiger partial charge in [-0.15, -0.1) is 0 Å². The summed E-state index contributed by atoms with van der Waals surface area (Å²) in [4.78, 5) is 0. The molecule has 0 saturated heterocycles. The highest BCUT2D eigenvalue weighted by atomic mass is 32.1. The van der Waals surface area contributed by atoms with Gasteiger partial charge in [-0.1, -0.05) is 6.07 Å². The first-order valence-electron chi connectivity index (χ1n) is 5.48. The Morgan fingerprint density at radius 2 is 2.00 bits per heavy atom. The van der Waals surface area contributed by atoms with Crippen LogP contribution in [0.3, 0.4) is 0 Å². The van der Waals surface area contributed by atoms with Crippen molar-refractivity contribution in [3.63, 3.8) is 0 Å². The van der Waals surface area contributed by atoms with E-state index in [1.807, 2.05) is 0 Å². The monoisotopic (exact) mass is 270 g/mol. The smallest absolute Gasteiger partial charge is 0.166 e. The molecule has 1 atom stereocenters. The van der Waals surface area contributed by atoms with E-state index >= 15 is 0 Å². The number of methoxy groups -OCH3 is 2. The molecule has 100 valence electrons. The van der Waals surface area contributed by atoms with E-state index in [0.717, 1.165) is 5.56 Å². The largest absolute Gasteiger partial charge is 0.493 e. The van der Waals surface area contributed by atoms with Crippen molar-refractivity contribution in [3.8, 4) is 11.5 Å². The first-order valence-corrected chi connectivity index (χ1v) is 5.88. The average Bonchev–Trinajstić information content (AvgIpc) is 2.43. The van der Waals surface area contributed by atoms with Crippen LogP contribution in [-0.2, 0) is 0 Å². The van der Waals surface area contributed by atoms with Crippen molar-refractivity contribution in [2.45, 2.75) is 6.10 Å². The molecule has 0 fully saturated rings. The maximum absolute atomic E-state index is 10.0. The summed E-state index contributed by atoms with van der Waals surface area (Å²) in [5, 5.41) is 16.2. The molecule has 1 aromatic carbocycles. The van der Waals surface area contributed by atoms with Crippen molar-refractivity contribution in [2.75, 3.05) is 27.8 Å². The fourth-order valence-corrected chi connectivity index (χ4v) is 1.54. The minimum atomic E-state index is -0.670. The third-order valence-electron chi connectivity index (χ3n) is 2.48. The molecule has 0 aromatic heterocycles. The lowest BCUT2D eigenvalue weighted by Gasteiger charge is -2.15. The molecule has 0 amide bonds. The topological polar surface area (TPSA) is 62.8 Å². The van der Waals surface area contributed by atoms with Gasteiger partial charge in [0.25, 0.3) is 0 Å². The number of ether oxygens (including phenoxy) is 2. The fourth-order valence-electron chi connectivity index (χ4n) is 1.46. The molecule has 0 saturated carbocycles. The van der Waals surface area contributed by atoms with Crippen molar-refractivity contribution in [1.82, 2.24) is 10.6 Å². The molecule has 18 heavy (non-hydrogen) atoms. The van der Waals surface area contributed by atoms with E-state index in [4.69, 9.17) is 21.7 Å². The molecule has 6 heteroatoms. The number of hydrogen-bond acceptors (Lipinski definition) is 4. The second-order valence-electron chi connectivity index (χ2n) is 3.59. The number of aliphatic hydroxyl groups excluding tert-OH is 1. The molecule has 0 spiro atoms. The SMILES string of the molecule is CNC(=S)NCC(O)c1ccc(OC)c(OC)c1. The van der Waals surface area contributed by atoms with Crippen LogP contribution in [0.4, 0.5) is 0 Å². The Kier molecular flexibility index (Phi) is 5.67. The number of hydrogen-bond donors (Lipinski definition) is 3. The van der Waals surface area contributed by atoms with Gasteiger partial charge in [0, 0.05) is 13.6 Å². The molecule has 0 radical (unpaired) electrons. The lowest BCUT2D eigenvalue weighted by atomic mass is 10.1. The van der Waals surface area contributed by atoms with E-state index in [1.54, 1.807) is 39.5 Å². The van der Waals surface area contributed by atoms with Crippen LogP contribution >= 0.6 is 12.2 Å². The molecule has 1 aromatic rings. The first kappa shape index (κ1) is 14.5. The van der Waals surface area contributed by atoms with Crippen LogP contribution in [0.1, 0.15) is 11.7 Å². The summed E-state index contributed by atoms with van der Waals surface area (Å²) >= 11 is 4.93. The number of rotatable bonds is 5. The van der Waals surface area contributed by atoms with Gasteiger partial charge in [0.1, 0.15) is 0 Å². The van der Waals surface area contributed by atoms with Gasteiger partial charge >= 0.3 is 0 Å². The van der Waals surface area contributed by atoms with Crippen LogP contribution in [0.5, 0.6) is 11.5 Å². The van der Waals surface area contributed by atoms with E-state index in [2.05, 4.69) is 10.6 Å². The molecule has 5 nitrogen and oxygen atoms in total. The maximum atomic E-state index is 10.0. The predicted molar refractivity (Wildman–Crippen MR) is 74.2 cm³/mol. The summed E-state index contributed by atoms with van der Waals surface area (Å²) in [6.07, 6.45) is -0.670. The van der Waals surface area contributed by atoms with E-state index in [-0.39, 0.29) is 0 Å². The highest BCUT2D eigenvalue weighted by molar-refractivity contribution is 7.80. The molecule has 1 rings (SSSR count). The Labute approximate surface area is 112 Å². The second kappa shape index (κ2) is 7.03. The van der Waals surface area contributed by atoms with Crippen LogP contribution < -0.4 is 20.1 Å². The summed E-state index contributed by atoms with van der Waals surface area (Å²) in [6, 6.07) is 5.29. The quantitative estimate of drug-likeness (QED) is 0.689. The molecule has 0 aliphatic carbocycles. The second-order valence-corrected chi connectivity index (χ2v) is 4.00. The molecule has 3 N–H and O–H groups in total. The fraction of sp³-hybridized carbons (Fsp3) is 0.417. The maximum Gasteiger partial charge on any atom is 0.166 e. The summed E-state index contributed by atoms with van der Waals surface area (Å²) in [5.74, 6) is 1.22. The van der Waals surface area contributed by atoms with Gasteiger partial charge in [0.15, 0.2) is 16.6 Å². The Morgan fingerprint density at radius 1 is 1.33 bits per heavy atom. The van der Waals surface area contributed by atoms with E-state index in [1.165, 1.54) is 0 Å². The number of thiocarbonyl (C=S) groups is 1. The summed E-state index contributed by atoms with van der Waals surface area (Å²) in [6.45, 7) is 0.329. The average molecular weight is 270 g/mol. The Hall–Kier alpha value is -1.53. The third-order valence-corrected chi connectivity index (χ3v) is 2.82. The van der Waals surface area contributed by atoms with Crippen molar-refractivity contribution in [1.29, 1.82) is 0 Å². The van der Waals surface area contributed by atoms with Gasteiger partial charge in [0.05, 0.1) is 20.3 Å². The van der Waals surface area contributed by atoms with Crippen LogP contribution in [-0.4, -0.2) is 38.0 Å². The Morgan fingerprint density at radius 3 is 2.56 bits per heavy atom. The van der Waals surface area contributed by atoms with Crippen LogP contribution in [0.15, 0.2) is 18.2 Å². The highest BCUT2D eigenvalue weighted by Gasteiger charge is 2.11. The standard InChI is InChI=1S/C12H18N2O3S/c1-13-12(18)14-7-9(15)8-4-5-10(16-2)11(6-8)17-3/h4-6,9,15H,7H2,1-3H3,(H2,13,14,18). The summed E-state index contributed by atoms with van der Waals surface area (Å²) < 4.78 is 10.3. The third kappa shape index (κ3) is 3.75. The van der Waals surface area contributed by atoms with E-state index in [9.17, 15) is 5.11 Å². The highest BCUT2D eigenvalue weighted by Crippen LogP contribution is 2.29. The lowest BCUT2D eigenvalue weighted by Crippen LogP contribution is -2.35. The molecule has 0 aliphatic rings. The molecule has 0 heterocycles. The number of aliphatic hydroxyl groups is 1. The van der Waals surface area contributed by atoms with E-state index in [0.29, 0.717) is 23.2 Å². The number of benzene rings is 1. The molecular formula is C12H18N2O3S. The zero-order valence-corrected chi connectivity index (χ0v) is 11.5. The number of nitrogens with one attached hydrogen (secondary N) is 2. The van der Waals surface area contributed by atoms with Gasteiger partial charge in [0.2, 0.25) is 0 Å². The predicted octanol–water partition coefficient (Wildman–Crippen LogP) is 0.831. The summed E-state index contributed by atoms with van der Waals surface area (Å²) in [7, 11) is 4.85. The first-order chi connectivity index (χ1) is 8.62. The van der Waals surface area contributed by atoms with Crippen molar-refractivity contribution in [2.24, 2.45) is 0 Å².